The van der Waals surface area contributed by atoms with E-state index in [1.807, 2.05) is 28.9 Å². The molecule has 3 rings (SSSR count). The van der Waals surface area contributed by atoms with Crippen molar-refractivity contribution in [3.05, 3.63) is 41.5 Å². The van der Waals surface area contributed by atoms with E-state index in [0.29, 0.717) is 12.8 Å². The number of para-hydroxylation sites is 1. The molecule has 0 bridgehead atoms. The predicted octanol–water partition coefficient (Wildman–Crippen LogP) is 4.04. The number of fused-ring (bicyclic) bond motifs is 1. The summed E-state index contributed by atoms with van der Waals surface area (Å²) < 4.78 is 3.02. The molecule has 120 valence electrons. The molecule has 3 aromatic rings. The van der Waals surface area contributed by atoms with Crippen LogP contribution in [0.4, 0.5) is 5.82 Å². The molecule has 1 unspecified atom stereocenters. The van der Waals surface area contributed by atoms with Gasteiger partial charge in [0.25, 0.3) is 0 Å². The number of rotatable bonds is 6. The predicted molar refractivity (Wildman–Crippen MR) is 93.8 cm³/mol. The lowest BCUT2D eigenvalue weighted by Crippen LogP contribution is -2.17. The van der Waals surface area contributed by atoms with Crippen molar-refractivity contribution in [1.82, 2.24) is 14.8 Å². The molecule has 2 heterocycles. The number of aromatic nitrogens is 3. The van der Waals surface area contributed by atoms with Crippen LogP contribution in [0.1, 0.15) is 37.7 Å². The molecule has 2 aromatic heterocycles. The largest absolute Gasteiger partial charge is 0.311 e. The Morgan fingerprint density at radius 2 is 2.17 bits per heavy atom. The standard InChI is InChI=1S/C17H20N4OS/c1-3-12(2)21-15(10-11-18-21)20-16(22)8-9-17-19-13-6-4-5-7-14(13)23-17/h4-7,10-12H,3,8-9H2,1-2H3,(H,20,22). The smallest absolute Gasteiger partial charge is 0.225 e. The van der Waals surface area contributed by atoms with Crippen molar-refractivity contribution >= 4 is 33.3 Å². The van der Waals surface area contributed by atoms with Crippen LogP contribution in [0.15, 0.2) is 36.5 Å². The Morgan fingerprint density at radius 1 is 1.35 bits per heavy atom. The van der Waals surface area contributed by atoms with Gasteiger partial charge in [-0.3, -0.25) is 4.79 Å². The maximum absolute atomic E-state index is 12.2. The van der Waals surface area contributed by atoms with Crippen molar-refractivity contribution in [1.29, 1.82) is 0 Å². The van der Waals surface area contributed by atoms with E-state index in [-0.39, 0.29) is 11.9 Å². The summed E-state index contributed by atoms with van der Waals surface area (Å²) in [7, 11) is 0. The summed E-state index contributed by atoms with van der Waals surface area (Å²) in [5.41, 5.74) is 1.00. The number of nitrogens with zero attached hydrogens (tertiary/aromatic N) is 3. The molecular formula is C17H20N4OS. The molecule has 0 spiro atoms. The van der Waals surface area contributed by atoms with Gasteiger partial charge in [-0.05, 0) is 25.5 Å². The molecule has 0 aliphatic carbocycles. The van der Waals surface area contributed by atoms with Crippen LogP contribution < -0.4 is 5.32 Å². The first-order valence-electron chi connectivity index (χ1n) is 7.85. The van der Waals surface area contributed by atoms with Crippen molar-refractivity contribution in [2.24, 2.45) is 0 Å². The molecule has 0 saturated heterocycles. The summed E-state index contributed by atoms with van der Waals surface area (Å²) >= 11 is 1.65. The molecule has 1 amide bonds. The Balaban J connectivity index is 1.60. The molecule has 1 atom stereocenters. The second-order valence-corrected chi connectivity index (χ2v) is 6.66. The molecule has 0 saturated carbocycles. The van der Waals surface area contributed by atoms with Crippen molar-refractivity contribution < 1.29 is 4.79 Å². The molecule has 1 aromatic carbocycles. The third-order valence-corrected chi connectivity index (χ3v) is 4.95. The summed E-state index contributed by atoms with van der Waals surface area (Å²) in [5, 5.41) is 8.22. The van der Waals surface area contributed by atoms with Crippen LogP contribution in [-0.2, 0) is 11.2 Å². The number of hydrogen-bond donors (Lipinski definition) is 1. The fraction of sp³-hybridized carbons (Fsp3) is 0.353. The zero-order valence-corrected chi connectivity index (χ0v) is 14.1. The highest BCUT2D eigenvalue weighted by molar-refractivity contribution is 7.18. The van der Waals surface area contributed by atoms with E-state index in [1.54, 1.807) is 17.5 Å². The van der Waals surface area contributed by atoms with Gasteiger partial charge in [-0.2, -0.15) is 5.10 Å². The van der Waals surface area contributed by atoms with Gasteiger partial charge in [0.15, 0.2) is 0 Å². The van der Waals surface area contributed by atoms with Crippen molar-refractivity contribution in [3.63, 3.8) is 0 Å². The van der Waals surface area contributed by atoms with Crippen LogP contribution in [0.2, 0.25) is 0 Å². The number of thiazole rings is 1. The van der Waals surface area contributed by atoms with E-state index >= 15 is 0 Å². The van der Waals surface area contributed by atoms with Crippen LogP contribution in [0.5, 0.6) is 0 Å². The maximum atomic E-state index is 12.2. The summed E-state index contributed by atoms with van der Waals surface area (Å²) in [6.07, 6.45) is 3.76. The fourth-order valence-electron chi connectivity index (χ4n) is 2.39. The molecule has 0 aliphatic heterocycles. The first-order chi connectivity index (χ1) is 11.2. The highest BCUT2D eigenvalue weighted by Gasteiger charge is 2.12. The third-order valence-electron chi connectivity index (χ3n) is 3.85. The Bertz CT molecular complexity index is 775. The lowest BCUT2D eigenvalue weighted by molar-refractivity contribution is -0.116. The SMILES string of the molecule is CCC(C)n1nccc1NC(=O)CCc1nc2ccccc2s1. The number of carbonyl (C=O) groups excluding carboxylic acids is 1. The Hall–Kier alpha value is -2.21. The zero-order chi connectivity index (χ0) is 16.2. The highest BCUT2D eigenvalue weighted by atomic mass is 32.1. The second-order valence-electron chi connectivity index (χ2n) is 5.54. The van der Waals surface area contributed by atoms with Crippen molar-refractivity contribution in [2.75, 3.05) is 5.32 Å². The quantitative estimate of drug-likeness (QED) is 0.743. The monoisotopic (exact) mass is 328 g/mol. The first kappa shape index (κ1) is 15.7. The molecule has 0 radical (unpaired) electrons. The van der Waals surface area contributed by atoms with E-state index in [2.05, 4.69) is 35.3 Å². The van der Waals surface area contributed by atoms with Crippen LogP contribution >= 0.6 is 11.3 Å². The fourth-order valence-corrected chi connectivity index (χ4v) is 3.36. The van der Waals surface area contributed by atoms with E-state index < -0.39 is 0 Å². The molecule has 0 fully saturated rings. The molecule has 6 heteroatoms. The Morgan fingerprint density at radius 3 is 2.96 bits per heavy atom. The van der Waals surface area contributed by atoms with Crippen LogP contribution in [0.25, 0.3) is 10.2 Å². The molecule has 5 nitrogen and oxygen atoms in total. The van der Waals surface area contributed by atoms with Crippen LogP contribution in [-0.4, -0.2) is 20.7 Å². The average molecular weight is 328 g/mol. The Labute approximate surface area is 139 Å². The normalized spacial score (nSPS) is 12.4. The van der Waals surface area contributed by atoms with Gasteiger partial charge in [0.1, 0.15) is 5.82 Å². The van der Waals surface area contributed by atoms with Crippen molar-refractivity contribution in [3.8, 4) is 0 Å². The van der Waals surface area contributed by atoms with E-state index in [4.69, 9.17) is 0 Å². The highest BCUT2D eigenvalue weighted by Crippen LogP contribution is 2.22. The summed E-state index contributed by atoms with van der Waals surface area (Å²) in [6, 6.07) is 10.1. The number of carbonyl (C=O) groups is 1. The van der Waals surface area contributed by atoms with Crippen molar-refractivity contribution in [2.45, 2.75) is 39.2 Å². The number of nitrogens with one attached hydrogen (secondary N) is 1. The topological polar surface area (TPSA) is 59.8 Å². The minimum Gasteiger partial charge on any atom is -0.311 e. The summed E-state index contributed by atoms with van der Waals surface area (Å²) in [4.78, 5) is 16.7. The maximum Gasteiger partial charge on any atom is 0.225 e. The van der Waals surface area contributed by atoms with Gasteiger partial charge in [-0.25, -0.2) is 9.67 Å². The van der Waals surface area contributed by atoms with Gasteiger partial charge in [0.2, 0.25) is 5.91 Å². The van der Waals surface area contributed by atoms with Gasteiger partial charge in [0.05, 0.1) is 27.5 Å². The van der Waals surface area contributed by atoms with Crippen LogP contribution in [0.3, 0.4) is 0 Å². The minimum absolute atomic E-state index is 0.00527. The second kappa shape index (κ2) is 6.91. The van der Waals surface area contributed by atoms with E-state index in [0.717, 1.165) is 27.5 Å². The van der Waals surface area contributed by atoms with Gasteiger partial charge in [-0.15, -0.1) is 11.3 Å². The lowest BCUT2D eigenvalue weighted by atomic mass is 10.2. The van der Waals surface area contributed by atoms with Gasteiger partial charge in [0, 0.05) is 18.9 Å². The lowest BCUT2D eigenvalue weighted by Gasteiger charge is -2.14. The summed E-state index contributed by atoms with van der Waals surface area (Å²) in [6.45, 7) is 4.19. The molecule has 1 N–H and O–H groups in total. The molecular weight excluding hydrogens is 308 g/mol. The van der Waals surface area contributed by atoms with Gasteiger partial charge < -0.3 is 5.32 Å². The minimum atomic E-state index is -0.00527. The number of aryl methyl sites for hydroxylation is 1. The van der Waals surface area contributed by atoms with E-state index in [1.165, 1.54) is 0 Å². The number of amides is 1. The van der Waals surface area contributed by atoms with Crippen LogP contribution in [0, 0.1) is 0 Å². The molecule has 0 aliphatic rings. The van der Waals surface area contributed by atoms with Gasteiger partial charge in [-0.1, -0.05) is 19.1 Å². The zero-order valence-electron chi connectivity index (χ0n) is 13.3. The van der Waals surface area contributed by atoms with Gasteiger partial charge >= 0.3 is 0 Å². The third kappa shape index (κ3) is 3.59. The number of hydrogen-bond acceptors (Lipinski definition) is 4. The summed E-state index contributed by atoms with van der Waals surface area (Å²) in [5.74, 6) is 0.753. The first-order valence-corrected chi connectivity index (χ1v) is 8.67. The molecule has 23 heavy (non-hydrogen) atoms. The Kier molecular flexibility index (Phi) is 4.71. The average Bonchev–Trinajstić information content (AvgIpc) is 3.18. The number of anilines is 1. The van der Waals surface area contributed by atoms with E-state index in [9.17, 15) is 4.79 Å². The number of benzene rings is 1.